The van der Waals surface area contributed by atoms with Gasteiger partial charge in [-0.3, -0.25) is 0 Å². The zero-order valence-electron chi connectivity index (χ0n) is 30.9. The monoisotopic (exact) mass is 750 g/mol. The van der Waals surface area contributed by atoms with Crippen molar-refractivity contribution >= 4 is 40.1 Å². The second-order valence-electron chi connectivity index (χ2n) is 14.0. The Morgan fingerprint density at radius 1 is 0.333 bits per heavy atom. The number of para-hydroxylation sites is 2. The molecule has 0 fully saturated rings. The second kappa shape index (κ2) is 14.5. The zero-order chi connectivity index (χ0) is 38.2. The van der Waals surface area contributed by atoms with E-state index in [9.17, 15) is 0 Å². The van der Waals surface area contributed by atoms with Crippen molar-refractivity contribution in [2.75, 3.05) is 4.90 Å². The number of anilines is 3. The molecule has 0 N–H and O–H groups in total. The third-order valence-electron chi connectivity index (χ3n) is 10.5. The maximum absolute atomic E-state index is 16.3. The summed E-state index contributed by atoms with van der Waals surface area (Å²) in [4.78, 5) is 17.0. The van der Waals surface area contributed by atoms with Crippen LogP contribution in [0, 0.1) is 0 Å². The molecule has 0 saturated heterocycles. The second-order valence-corrected chi connectivity index (χ2v) is 16.7. The molecule has 0 spiro atoms. The van der Waals surface area contributed by atoms with Gasteiger partial charge < -0.3 is 9.46 Å². The molecule has 6 heteroatoms. The number of hydrogen-bond acceptors (Lipinski definition) is 5. The Labute approximate surface area is 332 Å². The van der Waals surface area contributed by atoms with Crippen LogP contribution in [0.3, 0.4) is 0 Å². The fourth-order valence-corrected chi connectivity index (χ4v) is 10.8. The first-order chi connectivity index (χ1) is 28.1. The van der Waals surface area contributed by atoms with Crippen LogP contribution in [0.5, 0.6) is 0 Å². The normalized spacial score (nSPS) is 12.7. The summed E-state index contributed by atoms with van der Waals surface area (Å²) in [6.45, 7) is 0. The van der Waals surface area contributed by atoms with E-state index >= 15 is 4.57 Å². The summed E-state index contributed by atoms with van der Waals surface area (Å²) in [5.41, 5.74) is 9.63. The molecule has 0 aliphatic carbocycles. The average Bonchev–Trinajstić information content (AvgIpc) is 3.30. The van der Waals surface area contributed by atoms with E-state index in [1.54, 1.807) is 0 Å². The highest BCUT2D eigenvalue weighted by atomic mass is 31.2. The van der Waals surface area contributed by atoms with Gasteiger partial charge in [0.05, 0.1) is 11.4 Å². The molecule has 0 saturated carbocycles. The summed E-state index contributed by atoms with van der Waals surface area (Å²) in [5.74, 6) is 1.82. The van der Waals surface area contributed by atoms with Crippen molar-refractivity contribution in [3.05, 3.63) is 212 Å². The molecule has 1 aromatic heterocycles. The lowest BCUT2D eigenvalue weighted by Gasteiger charge is -2.38. The molecule has 1 aliphatic heterocycles. The van der Waals surface area contributed by atoms with Gasteiger partial charge in [0.25, 0.3) is 0 Å². The summed E-state index contributed by atoms with van der Waals surface area (Å²) in [6.07, 6.45) is 0. The van der Waals surface area contributed by atoms with Gasteiger partial charge in [0, 0.05) is 38.3 Å². The standard InChI is InChI=1S/C51H35N4OP/c56-57(44-34-41(36-17-5-1-6-18-36)33-42(35-44)37-19-7-2-8-20-37)47-27-15-13-25-45(47)55(46-26-14-16-28-48(46)57)43-31-29-40(30-32-43)51-53-49(38-21-9-3-10-22-38)52-50(54-51)39-23-11-4-12-24-39/h1-35H. The number of nitrogens with zero attached hydrogens (tertiary/aromatic N) is 4. The number of benzene rings is 8. The zero-order valence-corrected chi connectivity index (χ0v) is 31.7. The van der Waals surface area contributed by atoms with Gasteiger partial charge in [0.15, 0.2) is 24.6 Å². The topological polar surface area (TPSA) is 59.0 Å². The first kappa shape index (κ1) is 34.3. The summed E-state index contributed by atoms with van der Waals surface area (Å²) < 4.78 is 16.3. The summed E-state index contributed by atoms with van der Waals surface area (Å²) in [5, 5.41) is 2.40. The van der Waals surface area contributed by atoms with Crippen molar-refractivity contribution in [3.8, 4) is 56.4 Å². The van der Waals surface area contributed by atoms with Crippen LogP contribution in [0.2, 0.25) is 0 Å². The quantitative estimate of drug-likeness (QED) is 0.152. The molecule has 0 atom stereocenters. The fraction of sp³-hybridized carbons (Fsp3) is 0. The van der Waals surface area contributed by atoms with Crippen LogP contribution in [0.1, 0.15) is 0 Å². The van der Waals surface area contributed by atoms with Crippen molar-refractivity contribution in [3.63, 3.8) is 0 Å². The van der Waals surface area contributed by atoms with Gasteiger partial charge in [-0.05, 0) is 89.0 Å². The highest BCUT2D eigenvalue weighted by Gasteiger charge is 2.41. The average molecular weight is 751 g/mol. The van der Waals surface area contributed by atoms with Crippen molar-refractivity contribution in [2.24, 2.45) is 0 Å². The van der Waals surface area contributed by atoms with E-state index in [1.807, 2.05) is 133 Å². The molecule has 8 aromatic carbocycles. The maximum atomic E-state index is 16.3. The van der Waals surface area contributed by atoms with E-state index in [-0.39, 0.29) is 0 Å². The van der Waals surface area contributed by atoms with Crippen molar-refractivity contribution in [2.45, 2.75) is 0 Å². The molecule has 57 heavy (non-hydrogen) atoms. The molecule has 2 heterocycles. The molecule has 5 nitrogen and oxygen atoms in total. The van der Waals surface area contributed by atoms with E-state index in [4.69, 9.17) is 15.0 Å². The lowest BCUT2D eigenvalue weighted by molar-refractivity contribution is 0.592. The van der Waals surface area contributed by atoms with Crippen molar-refractivity contribution in [1.82, 2.24) is 15.0 Å². The molecule has 0 radical (unpaired) electrons. The van der Waals surface area contributed by atoms with E-state index in [0.29, 0.717) is 17.5 Å². The molecule has 270 valence electrons. The Hall–Kier alpha value is -7.20. The molecule has 10 rings (SSSR count). The Bertz CT molecular complexity index is 2750. The van der Waals surface area contributed by atoms with Gasteiger partial charge in [-0.2, -0.15) is 0 Å². The Kier molecular flexibility index (Phi) is 8.70. The summed E-state index contributed by atoms with van der Waals surface area (Å²) in [7, 11) is -3.39. The van der Waals surface area contributed by atoms with Gasteiger partial charge in [-0.15, -0.1) is 0 Å². The summed E-state index contributed by atoms with van der Waals surface area (Å²) >= 11 is 0. The number of hydrogen-bond donors (Lipinski definition) is 0. The van der Waals surface area contributed by atoms with E-state index in [1.165, 1.54) is 0 Å². The highest BCUT2D eigenvalue weighted by Crippen LogP contribution is 2.54. The minimum Gasteiger partial charge on any atom is -0.309 e. The molecule has 9 aromatic rings. The highest BCUT2D eigenvalue weighted by molar-refractivity contribution is 7.86. The predicted molar refractivity (Wildman–Crippen MR) is 235 cm³/mol. The Balaban J connectivity index is 1.10. The SMILES string of the molecule is O=P1(c2cc(-c3ccccc3)cc(-c3ccccc3)c2)c2ccccc2N(c2ccc(-c3nc(-c4ccccc4)nc(-c4ccccc4)n3)cc2)c2ccccc21. The molecule has 1 aliphatic rings. The van der Waals surface area contributed by atoms with E-state index in [0.717, 1.165) is 71.9 Å². The molecule has 0 bridgehead atoms. The largest absolute Gasteiger partial charge is 0.309 e. The van der Waals surface area contributed by atoms with Crippen LogP contribution in [-0.2, 0) is 4.57 Å². The fourth-order valence-electron chi connectivity index (χ4n) is 7.74. The third-order valence-corrected chi connectivity index (χ3v) is 13.6. The van der Waals surface area contributed by atoms with Gasteiger partial charge in [0.2, 0.25) is 0 Å². The predicted octanol–water partition coefficient (Wildman–Crippen LogP) is 11.6. The van der Waals surface area contributed by atoms with Crippen LogP contribution in [0.4, 0.5) is 17.1 Å². The van der Waals surface area contributed by atoms with Crippen LogP contribution in [-0.4, -0.2) is 15.0 Å². The Morgan fingerprint density at radius 2 is 0.684 bits per heavy atom. The smallest absolute Gasteiger partial charge is 0.175 e. The van der Waals surface area contributed by atoms with Crippen LogP contribution >= 0.6 is 7.14 Å². The number of fused-ring (bicyclic) bond motifs is 2. The van der Waals surface area contributed by atoms with E-state index < -0.39 is 7.14 Å². The minimum atomic E-state index is -3.39. The molecular formula is C51H35N4OP. The van der Waals surface area contributed by atoms with Gasteiger partial charge >= 0.3 is 0 Å². The first-order valence-electron chi connectivity index (χ1n) is 19.0. The van der Waals surface area contributed by atoms with E-state index in [2.05, 4.69) is 83.8 Å². The van der Waals surface area contributed by atoms with Gasteiger partial charge in [-0.1, -0.05) is 146 Å². The van der Waals surface area contributed by atoms with Gasteiger partial charge in [-0.25, -0.2) is 15.0 Å². The molecule has 0 amide bonds. The summed E-state index contributed by atoms with van der Waals surface area (Å²) in [6, 6.07) is 71.7. The lowest BCUT2D eigenvalue weighted by Crippen LogP contribution is -2.36. The van der Waals surface area contributed by atoms with Crippen LogP contribution < -0.4 is 20.8 Å². The van der Waals surface area contributed by atoms with Crippen molar-refractivity contribution < 1.29 is 4.57 Å². The van der Waals surface area contributed by atoms with Crippen molar-refractivity contribution in [1.29, 1.82) is 0 Å². The Morgan fingerprint density at radius 3 is 1.11 bits per heavy atom. The molecule has 0 unspecified atom stereocenters. The minimum absolute atomic E-state index is 0.589. The van der Waals surface area contributed by atoms with Gasteiger partial charge in [0.1, 0.15) is 0 Å². The number of aromatic nitrogens is 3. The lowest BCUT2D eigenvalue weighted by atomic mass is 9.99. The van der Waals surface area contributed by atoms with Crippen LogP contribution in [0.25, 0.3) is 56.4 Å². The van der Waals surface area contributed by atoms with Crippen LogP contribution in [0.15, 0.2) is 212 Å². The molecular weight excluding hydrogens is 716 g/mol. The third kappa shape index (κ3) is 6.25. The first-order valence-corrected chi connectivity index (χ1v) is 20.7. The number of rotatable bonds is 7. The maximum Gasteiger partial charge on any atom is 0.175 e.